The molecule has 2 heterocycles. The van der Waals surface area contributed by atoms with Crippen LogP contribution in [0.2, 0.25) is 0 Å². The van der Waals surface area contributed by atoms with Crippen molar-refractivity contribution in [3.63, 3.8) is 0 Å². The van der Waals surface area contributed by atoms with Gasteiger partial charge in [-0.3, -0.25) is 19.3 Å². The molecule has 0 bridgehead atoms. The molecule has 4 fully saturated rings. The molecule has 6 atom stereocenters. The minimum absolute atomic E-state index is 0.0271. The molecule has 0 aromatic heterocycles. The van der Waals surface area contributed by atoms with E-state index < -0.39 is 133 Å². The summed E-state index contributed by atoms with van der Waals surface area (Å²) in [5.74, 6) is -6.87. The largest absolute Gasteiger partial charge is 0.458 e. The van der Waals surface area contributed by atoms with E-state index >= 15 is 8.78 Å². The Morgan fingerprint density at radius 3 is 1.27 bits per heavy atom. The fourth-order valence-electron chi connectivity index (χ4n) is 12.0. The number of likely N-dealkylation sites (N-methyl/N-ethyl adjacent to an activating group) is 4. The van der Waals surface area contributed by atoms with Crippen LogP contribution in [-0.2, 0) is 95.7 Å². The molecule has 0 radical (unpaired) electrons. The lowest BCUT2D eigenvalue weighted by Crippen LogP contribution is -2.53. The number of alkyl halides is 2. The lowest BCUT2D eigenvalue weighted by atomic mass is 9.90. The Morgan fingerprint density at radius 1 is 0.474 bits per heavy atom. The zero-order valence-corrected chi connectivity index (χ0v) is 58.5. The second kappa shape index (κ2) is 35.3. The molecule has 7 rings (SSSR count). The van der Waals surface area contributed by atoms with Gasteiger partial charge in [-0.15, -0.1) is 0 Å². The first kappa shape index (κ1) is 76.8. The molecule has 534 valence electrons. The van der Waals surface area contributed by atoms with Crippen LogP contribution in [0.5, 0.6) is 0 Å². The van der Waals surface area contributed by atoms with Crippen molar-refractivity contribution in [1.82, 2.24) is 19.6 Å². The lowest BCUT2D eigenvalue weighted by molar-refractivity contribution is -0.172. The summed E-state index contributed by atoms with van der Waals surface area (Å²) in [6.07, 6.45) is 1.70. The van der Waals surface area contributed by atoms with Crippen LogP contribution in [0.15, 0.2) is 78.9 Å². The van der Waals surface area contributed by atoms with Crippen molar-refractivity contribution in [2.45, 2.75) is 223 Å². The number of hydrogen-bond donors (Lipinski definition) is 0. The first-order chi connectivity index (χ1) is 45.8. The number of amides is 4. The molecule has 4 amide bonds. The number of ether oxygens (including phenoxy) is 8. The summed E-state index contributed by atoms with van der Waals surface area (Å²) in [7, 11) is 5.20. The molecule has 21 nitrogen and oxygen atoms in total. The first-order valence-corrected chi connectivity index (χ1v) is 34.2. The molecule has 0 unspecified atom stereocenters. The van der Waals surface area contributed by atoms with Crippen LogP contribution in [0.3, 0.4) is 0 Å². The number of aryl methyl sites for hydroxylation is 2. The Labute approximate surface area is 570 Å². The number of carbonyl (C=O) groups is 9. The molecule has 97 heavy (non-hydrogen) atoms. The SMILES string of the molecule is CN(C(=O)COC(=O)[C@H](CC1CC1)N(C)C(=O)[C@@H](CCc1ccc(C2CCOCC2)cc1)OC(=O)[C@H](CC(C)(C)F)N(C)C(=O)OC(C)(C)C)[C@@H](CC(C)(C)F)C(=O)O[C@H](CCc1ccc(C2CCOCC2)cc1)C(=O)N(C)[C@@H](CC1CC1)C(=O)OCC(=O)OCc1ccccc1. The van der Waals surface area contributed by atoms with Gasteiger partial charge in [0.25, 0.3) is 17.7 Å². The van der Waals surface area contributed by atoms with Gasteiger partial charge in [-0.25, -0.2) is 37.5 Å². The van der Waals surface area contributed by atoms with Gasteiger partial charge in [-0.2, -0.15) is 0 Å². The Kier molecular flexibility index (Phi) is 28.0. The van der Waals surface area contributed by atoms with Crippen LogP contribution in [0.4, 0.5) is 13.6 Å². The van der Waals surface area contributed by atoms with Gasteiger partial charge in [0.1, 0.15) is 47.7 Å². The van der Waals surface area contributed by atoms with Crippen molar-refractivity contribution in [2.24, 2.45) is 11.8 Å². The van der Waals surface area contributed by atoms with Crippen molar-refractivity contribution in [3.8, 4) is 0 Å². The van der Waals surface area contributed by atoms with E-state index in [-0.39, 0.29) is 57.0 Å². The summed E-state index contributed by atoms with van der Waals surface area (Å²) in [4.78, 5) is 132. The Balaban J connectivity index is 1.08. The maximum Gasteiger partial charge on any atom is 0.410 e. The topological polar surface area (TPSA) is 240 Å². The van der Waals surface area contributed by atoms with E-state index in [4.69, 9.17) is 37.9 Å². The molecule has 0 N–H and O–H groups in total. The number of benzene rings is 3. The van der Waals surface area contributed by atoms with Crippen LogP contribution >= 0.6 is 0 Å². The van der Waals surface area contributed by atoms with Crippen LogP contribution < -0.4 is 0 Å². The zero-order chi connectivity index (χ0) is 70.8. The average Bonchev–Trinajstić information content (AvgIpc) is 1.60. The van der Waals surface area contributed by atoms with E-state index in [1.54, 1.807) is 45.0 Å². The second-order valence-electron chi connectivity index (χ2n) is 28.8. The monoisotopic (exact) mass is 1360 g/mol. The molecule has 0 spiro atoms. The van der Waals surface area contributed by atoms with Crippen LogP contribution in [0.1, 0.15) is 178 Å². The summed E-state index contributed by atoms with van der Waals surface area (Å²) >= 11 is 0. The highest BCUT2D eigenvalue weighted by atomic mass is 19.1. The van der Waals surface area contributed by atoms with Crippen molar-refractivity contribution in [1.29, 1.82) is 0 Å². The first-order valence-electron chi connectivity index (χ1n) is 34.2. The van der Waals surface area contributed by atoms with E-state index in [0.29, 0.717) is 38.3 Å². The third kappa shape index (κ3) is 25.1. The van der Waals surface area contributed by atoms with E-state index in [0.717, 1.165) is 98.8 Å². The van der Waals surface area contributed by atoms with Crippen LogP contribution in [-0.4, -0.2) is 194 Å². The fraction of sp³-hybridized carbons (Fsp3) is 0.635. The van der Waals surface area contributed by atoms with Gasteiger partial charge in [0.2, 0.25) is 0 Å². The summed E-state index contributed by atoms with van der Waals surface area (Å²) < 4.78 is 76.8. The van der Waals surface area contributed by atoms with Gasteiger partial charge >= 0.3 is 35.9 Å². The quantitative estimate of drug-likeness (QED) is 0.0399. The Hall–Kier alpha value is -7.53. The summed E-state index contributed by atoms with van der Waals surface area (Å²) in [5.41, 5.74) is -0.518. The second-order valence-corrected chi connectivity index (χ2v) is 28.8. The maximum absolute atomic E-state index is 16.0. The van der Waals surface area contributed by atoms with E-state index in [2.05, 4.69) is 0 Å². The molecule has 3 aromatic carbocycles. The van der Waals surface area contributed by atoms with Gasteiger partial charge in [0.05, 0.1) is 0 Å². The summed E-state index contributed by atoms with van der Waals surface area (Å²) in [5, 5.41) is 0. The predicted octanol–water partition coefficient (Wildman–Crippen LogP) is 10.3. The highest BCUT2D eigenvalue weighted by Crippen LogP contribution is 2.37. The van der Waals surface area contributed by atoms with Gasteiger partial charge in [0, 0.05) is 67.5 Å². The van der Waals surface area contributed by atoms with E-state index in [1.165, 1.54) is 55.9 Å². The number of carbonyl (C=O) groups excluding carboxylic acids is 9. The van der Waals surface area contributed by atoms with Crippen molar-refractivity contribution in [3.05, 3.63) is 107 Å². The van der Waals surface area contributed by atoms with Crippen molar-refractivity contribution < 1.29 is 89.8 Å². The number of hydrogen-bond acceptors (Lipinski definition) is 17. The third-order valence-corrected chi connectivity index (χ3v) is 18.3. The van der Waals surface area contributed by atoms with E-state index in [9.17, 15) is 43.2 Å². The normalized spacial score (nSPS) is 17.4. The van der Waals surface area contributed by atoms with Crippen LogP contribution in [0.25, 0.3) is 0 Å². The molecule has 23 heteroatoms. The maximum atomic E-state index is 16.0. The molecule has 2 saturated heterocycles. The number of nitrogens with zero attached hydrogens (tertiary/aromatic N) is 4. The number of esters is 5. The highest BCUT2D eigenvalue weighted by molar-refractivity contribution is 5.92. The van der Waals surface area contributed by atoms with Crippen molar-refractivity contribution >= 4 is 53.7 Å². The molecular weight excluding hydrogens is 1250 g/mol. The molecular formula is C74H102F2N4O17. The average molecular weight is 1360 g/mol. The molecule has 3 aromatic rings. The molecule has 2 aliphatic heterocycles. The van der Waals surface area contributed by atoms with Gasteiger partial charge in [0.15, 0.2) is 25.4 Å². The lowest BCUT2D eigenvalue weighted by Gasteiger charge is -2.34. The Bertz CT molecular complexity index is 3110. The van der Waals surface area contributed by atoms with Gasteiger partial charge in [-0.1, -0.05) is 105 Å². The van der Waals surface area contributed by atoms with Crippen LogP contribution in [0, 0.1) is 11.8 Å². The summed E-state index contributed by atoms with van der Waals surface area (Å²) in [6, 6.07) is 18.9. The number of rotatable bonds is 34. The van der Waals surface area contributed by atoms with Gasteiger partial charge < -0.3 is 52.6 Å². The predicted molar refractivity (Wildman–Crippen MR) is 355 cm³/mol. The minimum atomic E-state index is -2.13. The standard InChI is InChI=1S/C74H102F2N4O17/c1-72(2,3)97-71(89)80(11)60(44-74(6,7)76)70(88)96-62(32-26-49-23-29-54(30-24-49)56-35-39-91-40-36-56)66(84)78(9)57(41-50-17-18-50)67(85)93-46-63(81)77(8)59(43-73(4,5)75)69(87)95-61(31-25-48-21-27-53(28-22-48)55-33-37-90-38-34-55)65(83)79(10)58(42-51-19-20-51)68(86)94-47-64(82)92-45-52-15-13-12-14-16-52/h12-16,21-24,27-30,50-51,55-62H,17-20,25-26,31-47H2,1-11H3/t57-,58-,59-,60-,61+,62+/m0/s1. The third-order valence-electron chi connectivity index (χ3n) is 18.3. The fourth-order valence-corrected chi connectivity index (χ4v) is 12.0. The van der Waals surface area contributed by atoms with E-state index in [1.807, 2.05) is 54.6 Å². The number of halogens is 2. The smallest absolute Gasteiger partial charge is 0.410 e. The minimum Gasteiger partial charge on any atom is -0.458 e. The van der Waals surface area contributed by atoms with Crippen molar-refractivity contribution in [2.75, 3.05) is 67.8 Å². The highest BCUT2D eigenvalue weighted by Gasteiger charge is 2.44. The zero-order valence-electron chi connectivity index (χ0n) is 58.5. The Morgan fingerprint density at radius 2 is 0.876 bits per heavy atom. The van der Waals surface area contributed by atoms with Gasteiger partial charge in [-0.05, 0) is 164 Å². The molecule has 2 saturated carbocycles. The molecule has 4 aliphatic rings. The molecule has 2 aliphatic carbocycles. The summed E-state index contributed by atoms with van der Waals surface area (Å²) in [6.45, 7) is 10.6.